The molecule has 1 aromatic heterocycles. The van der Waals surface area contributed by atoms with Gasteiger partial charge in [-0.25, -0.2) is 13.8 Å². The number of aromatic nitrogens is 1. The maximum absolute atomic E-state index is 14.2. The SMILES string of the molecule is COc1cc(F)c(CNC(=O)c2ccc(N3[C@@H]4CC[C@H]3CC(NC(=O)c3cccc(OC)c3C)C4)nc2)c(F)c1. The van der Waals surface area contributed by atoms with E-state index in [1.54, 1.807) is 19.2 Å². The third-order valence-corrected chi connectivity index (χ3v) is 7.87. The van der Waals surface area contributed by atoms with Crippen molar-refractivity contribution in [1.29, 1.82) is 0 Å². The maximum Gasteiger partial charge on any atom is 0.253 e. The Morgan fingerprint density at radius 2 is 1.70 bits per heavy atom. The average molecular weight is 551 g/mol. The second kappa shape index (κ2) is 11.5. The first-order valence-corrected chi connectivity index (χ1v) is 13.3. The number of nitrogens with one attached hydrogen (secondary N) is 2. The predicted octanol–water partition coefficient (Wildman–Crippen LogP) is 4.55. The molecule has 5 rings (SSSR count). The van der Waals surface area contributed by atoms with Gasteiger partial charge >= 0.3 is 0 Å². The molecule has 0 spiro atoms. The molecule has 2 aliphatic rings. The lowest BCUT2D eigenvalue weighted by atomic mass is 9.96. The number of methoxy groups -OCH3 is 2. The summed E-state index contributed by atoms with van der Waals surface area (Å²) in [5.74, 6) is -0.644. The van der Waals surface area contributed by atoms with Crippen LogP contribution in [0.25, 0.3) is 0 Å². The number of carbonyl (C=O) groups excluding carboxylic acids is 2. The molecule has 3 aromatic rings. The van der Waals surface area contributed by atoms with Crippen LogP contribution in [-0.2, 0) is 6.54 Å². The first-order valence-electron chi connectivity index (χ1n) is 13.3. The number of amides is 2. The van der Waals surface area contributed by atoms with Crippen LogP contribution in [0.5, 0.6) is 11.5 Å². The third-order valence-electron chi connectivity index (χ3n) is 7.87. The van der Waals surface area contributed by atoms with Gasteiger partial charge in [-0.1, -0.05) is 6.07 Å². The molecule has 0 radical (unpaired) electrons. The summed E-state index contributed by atoms with van der Waals surface area (Å²) in [7, 11) is 2.91. The lowest BCUT2D eigenvalue weighted by Gasteiger charge is -2.40. The minimum absolute atomic E-state index is 0.0515. The average Bonchev–Trinajstić information content (AvgIpc) is 3.22. The van der Waals surface area contributed by atoms with Crippen molar-refractivity contribution in [2.75, 3.05) is 19.1 Å². The molecule has 1 unspecified atom stereocenters. The van der Waals surface area contributed by atoms with E-state index in [0.717, 1.165) is 49.2 Å². The lowest BCUT2D eigenvalue weighted by Crippen LogP contribution is -2.50. The Morgan fingerprint density at radius 3 is 2.30 bits per heavy atom. The number of ether oxygens (including phenoxy) is 2. The number of anilines is 1. The standard InChI is InChI=1S/C30H32F2N4O4/c1-17-23(5-4-6-27(17)40-3)30(38)35-19-11-20-8-9-21(12-19)36(20)28-10-7-18(15-33-28)29(37)34-16-24-25(31)13-22(39-2)14-26(24)32/h4-7,10,13-15,19-21H,8-9,11-12,16H2,1-3H3,(H,34,37)(H,35,38)/t19?,20-,21+. The molecular formula is C30H32F2N4O4. The highest BCUT2D eigenvalue weighted by atomic mass is 19.1. The molecule has 2 amide bonds. The van der Waals surface area contributed by atoms with Gasteiger partial charge in [0.25, 0.3) is 11.8 Å². The number of hydrogen-bond acceptors (Lipinski definition) is 6. The monoisotopic (exact) mass is 550 g/mol. The fourth-order valence-corrected chi connectivity index (χ4v) is 5.82. The summed E-state index contributed by atoms with van der Waals surface area (Å²) in [4.78, 5) is 32.5. The van der Waals surface area contributed by atoms with Gasteiger partial charge in [0.2, 0.25) is 0 Å². The van der Waals surface area contributed by atoms with Crippen LogP contribution >= 0.6 is 0 Å². The van der Waals surface area contributed by atoms with Crippen molar-refractivity contribution in [3.05, 3.63) is 82.5 Å². The molecular weight excluding hydrogens is 518 g/mol. The molecule has 40 heavy (non-hydrogen) atoms. The molecule has 2 aromatic carbocycles. The van der Waals surface area contributed by atoms with E-state index in [1.165, 1.54) is 13.3 Å². The number of piperidine rings is 1. The van der Waals surface area contributed by atoms with Gasteiger partial charge in [-0.2, -0.15) is 0 Å². The Bertz CT molecular complexity index is 1380. The zero-order chi connectivity index (χ0) is 28.4. The molecule has 10 heteroatoms. The molecule has 3 atom stereocenters. The zero-order valence-corrected chi connectivity index (χ0v) is 22.7. The van der Waals surface area contributed by atoms with Crippen molar-refractivity contribution in [2.45, 2.75) is 57.3 Å². The minimum atomic E-state index is -0.792. The topological polar surface area (TPSA) is 92.8 Å². The smallest absolute Gasteiger partial charge is 0.253 e. The van der Waals surface area contributed by atoms with E-state index in [9.17, 15) is 18.4 Å². The van der Waals surface area contributed by atoms with Crippen LogP contribution in [0.1, 0.15) is 57.5 Å². The molecule has 3 heterocycles. The molecule has 2 bridgehead atoms. The number of benzene rings is 2. The van der Waals surface area contributed by atoms with Gasteiger partial charge < -0.3 is 25.0 Å². The minimum Gasteiger partial charge on any atom is -0.497 e. The first kappa shape index (κ1) is 27.4. The summed E-state index contributed by atoms with van der Waals surface area (Å²) >= 11 is 0. The molecule has 2 aliphatic heterocycles. The first-order chi connectivity index (χ1) is 19.3. The van der Waals surface area contributed by atoms with Gasteiger partial charge in [0.15, 0.2) is 0 Å². The highest BCUT2D eigenvalue weighted by Crippen LogP contribution is 2.38. The highest BCUT2D eigenvalue weighted by Gasteiger charge is 2.42. The van der Waals surface area contributed by atoms with Crippen LogP contribution < -0.4 is 25.0 Å². The van der Waals surface area contributed by atoms with Crippen LogP contribution in [0.15, 0.2) is 48.7 Å². The van der Waals surface area contributed by atoms with Gasteiger partial charge in [0, 0.05) is 59.7 Å². The molecule has 0 aliphatic carbocycles. The fraction of sp³-hybridized carbons (Fsp3) is 0.367. The second-order valence-electron chi connectivity index (χ2n) is 10.2. The Hall–Kier alpha value is -4.21. The number of hydrogen-bond donors (Lipinski definition) is 2. The van der Waals surface area contributed by atoms with Crippen molar-refractivity contribution in [2.24, 2.45) is 0 Å². The maximum atomic E-state index is 14.2. The van der Waals surface area contributed by atoms with Crippen molar-refractivity contribution in [3.63, 3.8) is 0 Å². The number of fused-ring (bicyclic) bond motifs is 2. The molecule has 2 N–H and O–H groups in total. The van der Waals surface area contributed by atoms with Crippen molar-refractivity contribution < 1.29 is 27.8 Å². The van der Waals surface area contributed by atoms with Gasteiger partial charge in [0.1, 0.15) is 29.0 Å². The van der Waals surface area contributed by atoms with Crippen molar-refractivity contribution >= 4 is 17.6 Å². The normalized spacial score (nSPS) is 19.7. The summed E-state index contributed by atoms with van der Waals surface area (Å²) in [5.41, 5.74) is 1.48. The van der Waals surface area contributed by atoms with E-state index in [4.69, 9.17) is 9.47 Å². The highest BCUT2D eigenvalue weighted by molar-refractivity contribution is 5.96. The predicted molar refractivity (Wildman–Crippen MR) is 146 cm³/mol. The van der Waals surface area contributed by atoms with Crippen LogP contribution in [0.4, 0.5) is 14.6 Å². The molecule has 2 saturated heterocycles. The number of nitrogens with zero attached hydrogens (tertiary/aromatic N) is 2. The summed E-state index contributed by atoms with van der Waals surface area (Å²) in [6.07, 6.45) is 5.07. The van der Waals surface area contributed by atoms with Crippen LogP contribution in [0.2, 0.25) is 0 Å². The van der Waals surface area contributed by atoms with Gasteiger partial charge in [-0.05, 0) is 56.9 Å². The molecule has 8 nitrogen and oxygen atoms in total. The summed E-state index contributed by atoms with van der Waals surface area (Å²) in [6, 6.07) is 11.6. The summed E-state index contributed by atoms with van der Waals surface area (Å²) < 4.78 is 38.6. The van der Waals surface area contributed by atoms with E-state index >= 15 is 0 Å². The van der Waals surface area contributed by atoms with E-state index < -0.39 is 17.5 Å². The second-order valence-corrected chi connectivity index (χ2v) is 10.2. The number of rotatable bonds is 8. The van der Waals surface area contributed by atoms with E-state index in [0.29, 0.717) is 16.9 Å². The third kappa shape index (κ3) is 5.43. The summed E-state index contributed by atoms with van der Waals surface area (Å²) in [5, 5.41) is 5.76. The van der Waals surface area contributed by atoms with Crippen molar-refractivity contribution in [3.8, 4) is 11.5 Å². The van der Waals surface area contributed by atoms with Crippen LogP contribution in [0, 0.1) is 18.6 Å². The van der Waals surface area contributed by atoms with Gasteiger partial charge in [-0.3, -0.25) is 9.59 Å². The van der Waals surface area contributed by atoms with E-state index in [1.807, 2.05) is 25.1 Å². The van der Waals surface area contributed by atoms with Crippen molar-refractivity contribution in [1.82, 2.24) is 15.6 Å². The number of carbonyl (C=O) groups is 2. The Labute approximate surface area is 231 Å². The van der Waals surface area contributed by atoms with Gasteiger partial charge in [0.05, 0.1) is 19.8 Å². The largest absolute Gasteiger partial charge is 0.497 e. The van der Waals surface area contributed by atoms with Crippen LogP contribution in [-0.4, -0.2) is 49.1 Å². The Kier molecular flexibility index (Phi) is 7.86. The fourth-order valence-electron chi connectivity index (χ4n) is 5.82. The van der Waals surface area contributed by atoms with E-state index in [2.05, 4.69) is 20.5 Å². The van der Waals surface area contributed by atoms with Crippen LogP contribution in [0.3, 0.4) is 0 Å². The molecule has 210 valence electrons. The summed E-state index contributed by atoms with van der Waals surface area (Å²) in [6.45, 7) is 1.58. The number of halogens is 2. The Morgan fingerprint density at radius 1 is 1.00 bits per heavy atom. The molecule has 0 saturated carbocycles. The van der Waals surface area contributed by atoms with E-state index in [-0.39, 0.29) is 41.9 Å². The molecule has 2 fully saturated rings. The Balaban J connectivity index is 1.20. The number of pyridine rings is 1. The lowest BCUT2D eigenvalue weighted by molar-refractivity contribution is 0.0923. The van der Waals surface area contributed by atoms with Gasteiger partial charge in [-0.15, -0.1) is 0 Å². The quantitative estimate of drug-likeness (QED) is 0.428. The zero-order valence-electron chi connectivity index (χ0n) is 22.7.